The van der Waals surface area contributed by atoms with Gasteiger partial charge in [0.25, 0.3) is 5.95 Å². The minimum atomic E-state index is -0.0518. The molecular formula is C27H30N8O. The molecule has 1 aliphatic rings. The molecule has 5 heterocycles. The number of anilines is 1. The van der Waals surface area contributed by atoms with Crippen LogP contribution in [0.4, 0.5) is 5.82 Å². The first kappa shape index (κ1) is 22.5. The van der Waals surface area contributed by atoms with Crippen LogP contribution in [-0.4, -0.2) is 60.6 Å². The molecule has 0 amide bonds. The zero-order chi connectivity index (χ0) is 24.9. The molecule has 0 bridgehead atoms. The van der Waals surface area contributed by atoms with Gasteiger partial charge in [-0.1, -0.05) is 51.1 Å². The fraction of sp³-hybridized carbons (Fsp3) is 0.333. The lowest BCUT2D eigenvalue weighted by molar-refractivity contribution is 0.122. The molecule has 0 aliphatic carbocycles. The number of fused-ring (bicyclic) bond motifs is 1. The van der Waals surface area contributed by atoms with Gasteiger partial charge in [-0.2, -0.15) is 15.1 Å². The molecule has 1 aliphatic heterocycles. The number of morpholine rings is 1. The molecule has 1 fully saturated rings. The molecule has 36 heavy (non-hydrogen) atoms. The quantitative estimate of drug-likeness (QED) is 0.410. The zero-order valence-corrected chi connectivity index (χ0v) is 21.1. The van der Waals surface area contributed by atoms with Crippen LogP contribution in [0.3, 0.4) is 0 Å². The minimum Gasteiger partial charge on any atom is -0.378 e. The van der Waals surface area contributed by atoms with E-state index in [0.29, 0.717) is 19.2 Å². The van der Waals surface area contributed by atoms with Crippen molar-refractivity contribution in [1.82, 2.24) is 34.3 Å². The third kappa shape index (κ3) is 3.85. The number of aromatic nitrogens is 7. The second-order valence-electron chi connectivity index (χ2n) is 10.1. The van der Waals surface area contributed by atoms with Gasteiger partial charge >= 0.3 is 0 Å². The van der Waals surface area contributed by atoms with Crippen molar-refractivity contribution in [2.24, 2.45) is 7.05 Å². The first-order valence-electron chi connectivity index (χ1n) is 12.3. The summed E-state index contributed by atoms with van der Waals surface area (Å²) < 4.78 is 9.41. The molecule has 9 heteroatoms. The third-order valence-corrected chi connectivity index (χ3v) is 6.60. The summed E-state index contributed by atoms with van der Waals surface area (Å²) in [6.45, 7) is 9.42. The van der Waals surface area contributed by atoms with Crippen LogP contribution in [0.1, 0.15) is 26.5 Å². The maximum Gasteiger partial charge on any atom is 0.254 e. The molecule has 9 nitrogen and oxygen atoms in total. The smallest absolute Gasteiger partial charge is 0.254 e. The molecule has 0 saturated carbocycles. The Morgan fingerprint density at radius 1 is 0.944 bits per heavy atom. The summed E-state index contributed by atoms with van der Waals surface area (Å²) in [5.74, 6) is 2.19. The van der Waals surface area contributed by atoms with Gasteiger partial charge in [0.15, 0.2) is 17.0 Å². The number of H-pyrrole nitrogens is 1. The summed E-state index contributed by atoms with van der Waals surface area (Å²) in [6, 6.07) is 14.2. The number of nitrogens with zero attached hydrogens (tertiary/aromatic N) is 7. The first-order valence-corrected chi connectivity index (χ1v) is 12.3. The number of aryl methyl sites for hydroxylation is 1. The maximum absolute atomic E-state index is 5.61. The third-order valence-electron chi connectivity index (χ3n) is 6.60. The van der Waals surface area contributed by atoms with Gasteiger partial charge in [0.2, 0.25) is 0 Å². The van der Waals surface area contributed by atoms with E-state index in [-0.39, 0.29) is 5.41 Å². The highest BCUT2D eigenvalue weighted by Gasteiger charge is 2.27. The molecule has 0 radical (unpaired) electrons. The van der Waals surface area contributed by atoms with Crippen LogP contribution < -0.4 is 4.90 Å². The van der Waals surface area contributed by atoms with Gasteiger partial charge in [-0.05, 0) is 12.1 Å². The van der Waals surface area contributed by atoms with Gasteiger partial charge in [-0.25, -0.2) is 9.67 Å². The topological polar surface area (TPSA) is 89.7 Å². The van der Waals surface area contributed by atoms with Gasteiger partial charge in [-0.3, -0.25) is 0 Å². The predicted molar refractivity (Wildman–Crippen MR) is 140 cm³/mol. The summed E-state index contributed by atoms with van der Waals surface area (Å²) in [4.78, 5) is 20.7. The summed E-state index contributed by atoms with van der Waals surface area (Å²) in [5, 5.41) is 4.79. The number of benzene rings is 1. The fourth-order valence-electron chi connectivity index (χ4n) is 4.75. The molecule has 184 valence electrons. The number of rotatable bonds is 4. The van der Waals surface area contributed by atoms with Crippen molar-refractivity contribution in [3.63, 3.8) is 0 Å². The van der Waals surface area contributed by atoms with Crippen molar-refractivity contribution in [1.29, 1.82) is 0 Å². The number of imidazole rings is 1. The molecule has 4 aromatic heterocycles. The Hall–Kier alpha value is -3.98. The van der Waals surface area contributed by atoms with Crippen LogP contribution in [0, 0.1) is 0 Å². The maximum atomic E-state index is 5.61. The molecule has 1 saturated heterocycles. The summed E-state index contributed by atoms with van der Waals surface area (Å²) in [5.41, 5.74) is 5.65. The largest absolute Gasteiger partial charge is 0.378 e. The SMILES string of the molecule is Cn1c(-c2cc[nH]c2C(C)(C)C)nc2c(N3CCOCC3)nc(-n3ccc(-c4ccccc4)n3)nc21. The molecule has 6 rings (SSSR count). The Kier molecular flexibility index (Phi) is 5.37. The lowest BCUT2D eigenvalue weighted by atomic mass is 9.89. The molecule has 0 atom stereocenters. The standard InChI is InChI=1S/C27H30N8O/c1-27(2,3)22-19(10-12-28-22)23-29-21-24(33(23)4)30-26(31-25(21)34-14-16-36-17-15-34)35-13-11-20(32-35)18-8-6-5-7-9-18/h5-13,28H,14-17H2,1-4H3. The van der Waals surface area contributed by atoms with Crippen molar-refractivity contribution in [3.05, 3.63) is 60.6 Å². The van der Waals surface area contributed by atoms with E-state index in [1.165, 1.54) is 0 Å². The minimum absolute atomic E-state index is 0.0518. The Labute approximate surface area is 209 Å². The average molecular weight is 483 g/mol. The van der Waals surface area contributed by atoms with Crippen molar-refractivity contribution < 1.29 is 4.74 Å². The number of hydrogen-bond acceptors (Lipinski definition) is 6. The van der Waals surface area contributed by atoms with E-state index in [9.17, 15) is 0 Å². The van der Waals surface area contributed by atoms with Gasteiger partial charge in [0.05, 0.1) is 18.9 Å². The van der Waals surface area contributed by atoms with Crippen molar-refractivity contribution in [2.75, 3.05) is 31.2 Å². The summed E-state index contributed by atoms with van der Waals surface area (Å²) >= 11 is 0. The Morgan fingerprint density at radius 2 is 1.72 bits per heavy atom. The second kappa shape index (κ2) is 8.60. The van der Waals surface area contributed by atoms with E-state index in [0.717, 1.165) is 58.4 Å². The number of hydrogen-bond donors (Lipinski definition) is 1. The predicted octanol–water partition coefficient (Wildman–Crippen LogP) is 4.35. The van der Waals surface area contributed by atoms with E-state index in [1.807, 2.05) is 55.8 Å². The fourth-order valence-corrected chi connectivity index (χ4v) is 4.75. The molecule has 1 aromatic carbocycles. The van der Waals surface area contributed by atoms with Crippen LogP contribution in [0.5, 0.6) is 0 Å². The van der Waals surface area contributed by atoms with Crippen molar-refractivity contribution >= 4 is 17.0 Å². The van der Waals surface area contributed by atoms with E-state index in [2.05, 4.69) is 41.3 Å². The van der Waals surface area contributed by atoms with Crippen LogP contribution in [0.2, 0.25) is 0 Å². The van der Waals surface area contributed by atoms with E-state index < -0.39 is 0 Å². The van der Waals surface area contributed by atoms with Gasteiger partial charge < -0.3 is 19.2 Å². The van der Waals surface area contributed by atoms with Crippen molar-refractivity contribution in [3.8, 4) is 28.6 Å². The molecule has 5 aromatic rings. The lowest BCUT2D eigenvalue weighted by Crippen LogP contribution is -2.37. The highest BCUT2D eigenvalue weighted by molar-refractivity contribution is 5.88. The van der Waals surface area contributed by atoms with Crippen LogP contribution in [-0.2, 0) is 17.2 Å². The monoisotopic (exact) mass is 482 g/mol. The molecule has 1 N–H and O–H groups in total. The normalized spacial score (nSPS) is 14.6. The Balaban J connectivity index is 1.52. The number of nitrogens with one attached hydrogen (secondary N) is 1. The van der Waals surface area contributed by atoms with Crippen molar-refractivity contribution in [2.45, 2.75) is 26.2 Å². The highest BCUT2D eigenvalue weighted by atomic mass is 16.5. The first-order chi connectivity index (χ1) is 17.4. The van der Waals surface area contributed by atoms with Gasteiger partial charge in [-0.15, -0.1) is 0 Å². The summed E-state index contributed by atoms with van der Waals surface area (Å²) in [7, 11) is 2.02. The average Bonchev–Trinajstić information content (AvgIpc) is 3.64. The van der Waals surface area contributed by atoms with Gasteiger partial charge in [0.1, 0.15) is 5.82 Å². The lowest BCUT2D eigenvalue weighted by Gasteiger charge is -2.28. The van der Waals surface area contributed by atoms with Crippen LogP contribution in [0.15, 0.2) is 54.9 Å². The number of ether oxygens (including phenoxy) is 1. The summed E-state index contributed by atoms with van der Waals surface area (Å²) in [6.07, 6.45) is 3.89. The zero-order valence-electron chi connectivity index (χ0n) is 21.1. The van der Waals surface area contributed by atoms with E-state index in [4.69, 9.17) is 24.8 Å². The van der Waals surface area contributed by atoms with E-state index in [1.54, 1.807) is 4.68 Å². The van der Waals surface area contributed by atoms with Crippen LogP contribution >= 0.6 is 0 Å². The van der Waals surface area contributed by atoms with Gasteiger partial charge in [0, 0.05) is 54.8 Å². The van der Waals surface area contributed by atoms with E-state index >= 15 is 0 Å². The second-order valence-corrected chi connectivity index (χ2v) is 10.1. The number of aromatic amines is 1. The molecular weight excluding hydrogens is 452 g/mol. The Morgan fingerprint density at radius 3 is 2.47 bits per heavy atom. The molecule has 0 unspecified atom stereocenters. The van der Waals surface area contributed by atoms with Crippen LogP contribution in [0.25, 0.3) is 39.8 Å². The molecule has 0 spiro atoms. The highest BCUT2D eigenvalue weighted by Crippen LogP contribution is 2.35. The Bertz CT molecular complexity index is 1520.